The molecule has 1 unspecified atom stereocenters. The fourth-order valence-corrected chi connectivity index (χ4v) is 4.42. The quantitative estimate of drug-likeness (QED) is 0.765. The van der Waals surface area contributed by atoms with E-state index < -0.39 is 0 Å². The first-order valence-corrected chi connectivity index (χ1v) is 10.7. The van der Waals surface area contributed by atoms with E-state index in [2.05, 4.69) is 65.4 Å². The molecule has 2 aromatic rings. The first-order valence-electron chi connectivity index (χ1n) is 10.7. The number of hydrogen-bond acceptors (Lipinski definition) is 3. The Hall–Kier alpha value is -2.59. The third-order valence-electron chi connectivity index (χ3n) is 6.31. The summed E-state index contributed by atoms with van der Waals surface area (Å²) in [4.78, 5) is 17.0. The Bertz CT molecular complexity index is 897. The minimum absolute atomic E-state index is 0.112. The van der Waals surface area contributed by atoms with Gasteiger partial charge < -0.3 is 10.2 Å². The number of para-hydroxylation sites is 1. The lowest BCUT2D eigenvalue weighted by atomic mass is 9.90. The molecule has 2 aliphatic heterocycles. The summed E-state index contributed by atoms with van der Waals surface area (Å²) in [6, 6.07) is 14.7. The average Bonchev–Trinajstić information content (AvgIpc) is 2.73. The third kappa shape index (κ3) is 4.54. The Morgan fingerprint density at radius 2 is 1.83 bits per heavy atom. The van der Waals surface area contributed by atoms with Gasteiger partial charge in [0, 0.05) is 56.4 Å². The van der Waals surface area contributed by atoms with Gasteiger partial charge in [-0.3, -0.25) is 9.69 Å². The van der Waals surface area contributed by atoms with Crippen LogP contribution in [0.5, 0.6) is 0 Å². The van der Waals surface area contributed by atoms with E-state index in [-0.39, 0.29) is 11.8 Å². The number of allylic oxidation sites excluding steroid dienone is 1. The molecule has 2 aliphatic rings. The minimum Gasteiger partial charge on any atom is -0.369 e. The van der Waals surface area contributed by atoms with E-state index in [0.717, 1.165) is 44.8 Å². The number of aryl methyl sites for hydroxylation is 1. The molecule has 0 bridgehead atoms. The fraction of sp³-hybridized carbons (Fsp3) is 0.400. The highest BCUT2D eigenvalue weighted by Crippen LogP contribution is 2.32. The zero-order chi connectivity index (χ0) is 20.2. The first-order chi connectivity index (χ1) is 14.1. The maximum absolute atomic E-state index is 12.0. The van der Waals surface area contributed by atoms with Gasteiger partial charge >= 0.3 is 0 Å². The number of carbonyl (C=O) groups excluding carboxylic acids is 1. The van der Waals surface area contributed by atoms with Crippen LogP contribution in [-0.4, -0.2) is 43.5 Å². The number of fused-ring (bicyclic) bond motifs is 1. The molecule has 1 amide bonds. The number of anilines is 2. The van der Waals surface area contributed by atoms with Crippen LogP contribution >= 0.6 is 0 Å². The highest BCUT2D eigenvalue weighted by atomic mass is 16.1. The predicted molar refractivity (Wildman–Crippen MR) is 121 cm³/mol. The second kappa shape index (κ2) is 8.83. The van der Waals surface area contributed by atoms with Crippen LogP contribution in [-0.2, 0) is 4.79 Å². The molecule has 29 heavy (non-hydrogen) atoms. The van der Waals surface area contributed by atoms with Gasteiger partial charge in [0.25, 0.3) is 0 Å². The van der Waals surface area contributed by atoms with Crippen molar-refractivity contribution in [1.29, 1.82) is 0 Å². The standard InChI is InChI=1S/C25H31N3O/c1-19-8-7-12-24(20(19)2)28-16-14-27(15-17-28)13-6-5-9-21-18-25(29)26-23-11-4-3-10-22(21)23/h3-5,7-12,21H,6,13-18H2,1-2H3,(H,26,29). The normalized spacial score (nSPS) is 20.0. The van der Waals surface area contributed by atoms with Crippen molar-refractivity contribution in [3.8, 4) is 0 Å². The van der Waals surface area contributed by atoms with Crippen molar-refractivity contribution in [1.82, 2.24) is 4.90 Å². The zero-order valence-corrected chi connectivity index (χ0v) is 17.5. The second-order valence-electron chi connectivity index (χ2n) is 8.21. The smallest absolute Gasteiger partial charge is 0.225 e. The van der Waals surface area contributed by atoms with Crippen LogP contribution in [0, 0.1) is 13.8 Å². The van der Waals surface area contributed by atoms with Crippen molar-refractivity contribution in [2.24, 2.45) is 0 Å². The summed E-state index contributed by atoms with van der Waals surface area (Å²) in [5, 5.41) is 2.97. The Labute approximate surface area is 174 Å². The zero-order valence-electron chi connectivity index (χ0n) is 17.5. The van der Waals surface area contributed by atoms with E-state index >= 15 is 0 Å². The van der Waals surface area contributed by atoms with Crippen molar-refractivity contribution in [2.75, 3.05) is 42.9 Å². The summed E-state index contributed by atoms with van der Waals surface area (Å²) in [6.07, 6.45) is 6.06. The minimum atomic E-state index is 0.112. The van der Waals surface area contributed by atoms with E-state index in [1.165, 1.54) is 22.4 Å². The lowest BCUT2D eigenvalue weighted by Crippen LogP contribution is -2.46. The molecule has 152 valence electrons. The molecule has 1 atom stereocenters. The topological polar surface area (TPSA) is 35.6 Å². The number of rotatable bonds is 5. The van der Waals surface area contributed by atoms with Gasteiger partial charge in [-0.1, -0.05) is 42.5 Å². The number of carbonyl (C=O) groups is 1. The lowest BCUT2D eigenvalue weighted by molar-refractivity contribution is -0.116. The molecule has 0 saturated carbocycles. The van der Waals surface area contributed by atoms with Crippen LogP contribution in [0.2, 0.25) is 0 Å². The average molecular weight is 390 g/mol. The number of hydrogen-bond donors (Lipinski definition) is 1. The van der Waals surface area contributed by atoms with Crippen molar-refractivity contribution >= 4 is 17.3 Å². The molecule has 4 nitrogen and oxygen atoms in total. The number of nitrogens with zero attached hydrogens (tertiary/aromatic N) is 2. The second-order valence-corrected chi connectivity index (χ2v) is 8.21. The summed E-state index contributed by atoms with van der Waals surface area (Å²) in [7, 11) is 0. The number of piperazine rings is 1. The van der Waals surface area contributed by atoms with Crippen LogP contribution in [0.4, 0.5) is 11.4 Å². The molecular weight excluding hydrogens is 358 g/mol. The van der Waals surface area contributed by atoms with E-state index in [0.29, 0.717) is 6.42 Å². The monoisotopic (exact) mass is 389 g/mol. The van der Waals surface area contributed by atoms with Gasteiger partial charge in [-0.25, -0.2) is 0 Å². The summed E-state index contributed by atoms with van der Waals surface area (Å²) in [5.41, 5.74) is 6.35. The molecule has 1 fully saturated rings. The molecule has 2 aromatic carbocycles. The largest absolute Gasteiger partial charge is 0.369 e. The van der Waals surface area contributed by atoms with Gasteiger partial charge in [-0.15, -0.1) is 0 Å². The van der Waals surface area contributed by atoms with Crippen molar-refractivity contribution in [3.05, 3.63) is 71.3 Å². The van der Waals surface area contributed by atoms with Gasteiger partial charge in [0.05, 0.1) is 0 Å². The van der Waals surface area contributed by atoms with Gasteiger partial charge in [0.2, 0.25) is 5.91 Å². The molecule has 1 saturated heterocycles. The summed E-state index contributed by atoms with van der Waals surface area (Å²) >= 11 is 0. The summed E-state index contributed by atoms with van der Waals surface area (Å²) < 4.78 is 0. The van der Waals surface area contributed by atoms with E-state index in [1.54, 1.807) is 0 Å². The molecular formula is C25H31N3O. The molecule has 0 spiro atoms. The van der Waals surface area contributed by atoms with Gasteiger partial charge in [0.15, 0.2) is 0 Å². The first kappa shape index (κ1) is 19.7. The maximum Gasteiger partial charge on any atom is 0.225 e. The fourth-order valence-electron chi connectivity index (χ4n) is 4.42. The van der Waals surface area contributed by atoms with Gasteiger partial charge in [0.1, 0.15) is 0 Å². The van der Waals surface area contributed by atoms with Crippen LogP contribution < -0.4 is 10.2 Å². The van der Waals surface area contributed by atoms with Crippen LogP contribution in [0.1, 0.15) is 35.4 Å². The highest BCUT2D eigenvalue weighted by molar-refractivity contribution is 5.95. The Kier molecular flexibility index (Phi) is 6.00. The molecule has 4 heteroatoms. The van der Waals surface area contributed by atoms with Crippen LogP contribution in [0.3, 0.4) is 0 Å². The Balaban J connectivity index is 1.27. The summed E-state index contributed by atoms with van der Waals surface area (Å²) in [6.45, 7) is 9.89. The van der Waals surface area contributed by atoms with Crippen LogP contribution in [0.25, 0.3) is 0 Å². The van der Waals surface area contributed by atoms with Crippen molar-refractivity contribution in [2.45, 2.75) is 32.6 Å². The van der Waals surface area contributed by atoms with Gasteiger partial charge in [-0.2, -0.15) is 0 Å². The molecule has 4 rings (SSSR count). The summed E-state index contributed by atoms with van der Waals surface area (Å²) in [5.74, 6) is 0.307. The SMILES string of the molecule is Cc1cccc(N2CCN(CCC=CC3CC(=O)Nc4ccccc43)CC2)c1C. The van der Waals surface area contributed by atoms with Crippen molar-refractivity contribution < 1.29 is 4.79 Å². The van der Waals surface area contributed by atoms with E-state index in [4.69, 9.17) is 0 Å². The Morgan fingerprint density at radius 3 is 2.66 bits per heavy atom. The van der Waals surface area contributed by atoms with Crippen LogP contribution in [0.15, 0.2) is 54.6 Å². The van der Waals surface area contributed by atoms with E-state index in [1.807, 2.05) is 18.2 Å². The number of nitrogens with one attached hydrogen (secondary N) is 1. The molecule has 0 aromatic heterocycles. The molecule has 0 radical (unpaired) electrons. The lowest BCUT2D eigenvalue weighted by Gasteiger charge is -2.37. The highest BCUT2D eigenvalue weighted by Gasteiger charge is 2.22. The third-order valence-corrected chi connectivity index (χ3v) is 6.31. The molecule has 2 heterocycles. The van der Waals surface area contributed by atoms with E-state index in [9.17, 15) is 4.79 Å². The maximum atomic E-state index is 12.0. The molecule has 1 N–H and O–H groups in total. The molecule has 0 aliphatic carbocycles. The predicted octanol–water partition coefficient (Wildman–Crippen LogP) is 4.50. The number of amides is 1. The number of benzene rings is 2. The van der Waals surface area contributed by atoms with Gasteiger partial charge in [-0.05, 0) is 49.1 Å². The Morgan fingerprint density at radius 1 is 1.03 bits per heavy atom. The van der Waals surface area contributed by atoms with Crippen molar-refractivity contribution in [3.63, 3.8) is 0 Å².